The lowest BCUT2D eigenvalue weighted by molar-refractivity contribution is -0.120. The number of benzene rings is 1. The molecule has 124 valence electrons. The lowest BCUT2D eigenvalue weighted by Crippen LogP contribution is -2.53. The monoisotopic (exact) mass is 326 g/mol. The van der Waals surface area contributed by atoms with E-state index >= 15 is 0 Å². The molecule has 0 fully saturated rings. The molecule has 0 saturated carbocycles. The van der Waals surface area contributed by atoms with Crippen LogP contribution in [-0.2, 0) is 4.79 Å². The number of rotatable bonds is 0. The molecule has 4 rings (SSSR count). The summed E-state index contributed by atoms with van der Waals surface area (Å²) >= 11 is 0. The Labute approximate surface area is 138 Å². The van der Waals surface area contributed by atoms with Crippen LogP contribution in [0.5, 0.6) is 5.75 Å². The number of Topliss-reactive ketones (excluding diaryl/α,β-unsaturated/α-hetero) is 2. The van der Waals surface area contributed by atoms with E-state index in [0.29, 0.717) is 18.4 Å². The summed E-state index contributed by atoms with van der Waals surface area (Å²) < 4.78 is 0. The van der Waals surface area contributed by atoms with Crippen LogP contribution in [0.25, 0.3) is 0 Å². The van der Waals surface area contributed by atoms with Crippen molar-refractivity contribution >= 4 is 11.6 Å². The molecule has 3 N–H and O–H groups in total. The van der Waals surface area contributed by atoms with Gasteiger partial charge in [0.2, 0.25) is 0 Å². The lowest BCUT2D eigenvalue weighted by Gasteiger charge is -2.45. The molecule has 5 nitrogen and oxygen atoms in total. The normalized spacial score (nSPS) is 34.7. The molecule has 0 spiro atoms. The number of hydrogen-bond acceptors (Lipinski definition) is 5. The Kier molecular flexibility index (Phi) is 3.11. The lowest BCUT2D eigenvalue weighted by atomic mass is 9.61. The highest BCUT2D eigenvalue weighted by Crippen LogP contribution is 2.52. The Morgan fingerprint density at radius 2 is 1.96 bits per heavy atom. The topological polar surface area (TPSA) is 94.8 Å². The average Bonchev–Trinajstić information content (AvgIpc) is 2.53. The minimum atomic E-state index is -1.92. The van der Waals surface area contributed by atoms with Crippen LogP contribution >= 0.6 is 0 Å². The summed E-state index contributed by atoms with van der Waals surface area (Å²) in [7, 11) is 0. The van der Waals surface area contributed by atoms with Gasteiger partial charge in [0.15, 0.2) is 11.6 Å². The predicted molar refractivity (Wildman–Crippen MR) is 85.4 cm³/mol. The number of aliphatic hydroxyl groups is 2. The Morgan fingerprint density at radius 1 is 1.21 bits per heavy atom. The molecule has 4 unspecified atom stereocenters. The first-order valence-electron chi connectivity index (χ1n) is 8.06. The number of aliphatic hydroxyl groups excluding tert-OH is 1. The van der Waals surface area contributed by atoms with E-state index in [2.05, 4.69) is 0 Å². The average molecular weight is 326 g/mol. The number of phenolic OH excluding ortho intramolecular Hbond substituents is 1. The Hall–Kier alpha value is -2.24. The molecule has 0 aromatic heterocycles. The molecule has 0 bridgehead atoms. The van der Waals surface area contributed by atoms with E-state index in [1.165, 1.54) is 24.3 Å². The molecule has 0 amide bonds. The smallest absolute Gasteiger partial charge is 0.174 e. The van der Waals surface area contributed by atoms with Gasteiger partial charge >= 0.3 is 0 Å². The summed E-state index contributed by atoms with van der Waals surface area (Å²) in [6, 6.07) is 4.39. The van der Waals surface area contributed by atoms with E-state index in [9.17, 15) is 24.9 Å². The summed E-state index contributed by atoms with van der Waals surface area (Å²) in [4.78, 5) is 25.6. The van der Waals surface area contributed by atoms with Gasteiger partial charge in [-0.3, -0.25) is 9.59 Å². The maximum atomic E-state index is 13.0. The fraction of sp³-hybridized carbons (Fsp3) is 0.368. The zero-order chi connectivity index (χ0) is 17.2. The van der Waals surface area contributed by atoms with Gasteiger partial charge in [-0.2, -0.15) is 0 Å². The van der Waals surface area contributed by atoms with Crippen LogP contribution in [0.3, 0.4) is 0 Å². The molecule has 0 radical (unpaired) electrons. The van der Waals surface area contributed by atoms with Gasteiger partial charge in [0, 0.05) is 23.1 Å². The van der Waals surface area contributed by atoms with E-state index in [1.54, 1.807) is 6.08 Å². The molecule has 0 saturated heterocycles. The van der Waals surface area contributed by atoms with Gasteiger partial charge in [0.05, 0.1) is 5.92 Å². The van der Waals surface area contributed by atoms with Crippen molar-refractivity contribution in [3.8, 4) is 5.75 Å². The fourth-order valence-electron chi connectivity index (χ4n) is 4.26. The first kappa shape index (κ1) is 15.3. The Bertz CT molecular complexity index is 834. The van der Waals surface area contributed by atoms with Crippen molar-refractivity contribution in [2.75, 3.05) is 0 Å². The van der Waals surface area contributed by atoms with Crippen molar-refractivity contribution in [3.05, 3.63) is 52.6 Å². The molecular weight excluding hydrogens is 308 g/mol. The van der Waals surface area contributed by atoms with E-state index in [-0.39, 0.29) is 28.6 Å². The van der Waals surface area contributed by atoms with Crippen LogP contribution in [0.2, 0.25) is 0 Å². The summed E-state index contributed by atoms with van der Waals surface area (Å²) in [5.74, 6) is -1.76. The summed E-state index contributed by atoms with van der Waals surface area (Å²) in [6.07, 6.45) is 2.56. The van der Waals surface area contributed by atoms with Gasteiger partial charge in [-0.25, -0.2) is 0 Å². The molecule has 0 heterocycles. The zero-order valence-electron chi connectivity index (χ0n) is 13.2. The Morgan fingerprint density at radius 3 is 2.71 bits per heavy atom. The van der Waals surface area contributed by atoms with Gasteiger partial charge < -0.3 is 15.3 Å². The van der Waals surface area contributed by atoms with E-state index in [4.69, 9.17) is 0 Å². The summed E-state index contributed by atoms with van der Waals surface area (Å²) in [6.45, 7) is 1.97. The molecule has 0 aliphatic heterocycles. The molecule has 4 atom stereocenters. The predicted octanol–water partition coefficient (Wildman–Crippen LogP) is 1.83. The van der Waals surface area contributed by atoms with Crippen molar-refractivity contribution in [2.24, 2.45) is 11.8 Å². The molecule has 5 heteroatoms. The number of allylic oxidation sites excluding steroid dienone is 2. The first-order chi connectivity index (χ1) is 11.3. The maximum Gasteiger partial charge on any atom is 0.174 e. The minimum Gasteiger partial charge on any atom is -0.508 e. The van der Waals surface area contributed by atoms with E-state index in [0.717, 1.165) is 5.57 Å². The minimum absolute atomic E-state index is 0.0200. The highest BCUT2D eigenvalue weighted by atomic mass is 16.3. The van der Waals surface area contributed by atoms with Crippen molar-refractivity contribution in [1.82, 2.24) is 0 Å². The van der Waals surface area contributed by atoms with Gasteiger partial charge in [0.1, 0.15) is 17.5 Å². The highest BCUT2D eigenvalue weighted by molar-refractivity contribution is 6.11. The van der Waals surface area contributed by atoms with E-state index in [1.807, 2.05) is 6.92 Å². The van der Waals surface area contributed by atoms with Crippen molar-refractivity contribution in [3.63, 3.8) is 0 Å². The number of aromatic hydroxyl groups is 1. The third-order valence-electron chi connectivity index (χ3n) is 5.37. The van der Waals surface area contributed by atoms with Crippen molar-refractivity contribution < 1.29 is 24.9 Å². The van der Waals surface area contributed by atoms with Crippen molar-refractivity contribution in [1.29, 1.82) is 0 Å². The molecular formula is C19H18O5. The molecule has 1 aromatic rings. The van der Waals surface area contributed by atoms with Gasteiger partial charge in [-0.05, 0) is 30.1 Å². The number of ketones is 2. The fourth-order valence-corrected chi connectivity index (χ4v) is 4.26. The molecule has 3 aliphatic carbocycles. The number of carbonyl (C=O) groups excluding carboxylic acids is 2. The second-order valence-electron chi connectivity index (χ2n) is 7.03. The zero-order valence-corrected chi connectivity index (χ0v) is 13.2. The molecule has 24 heavy (non-hydrogen) atoms. The maximum absolute atomic E-state index is 13.0. The van der Waals surface area contributed by atoms with Gasteiger partial charge in [-0.1, -0.05) is 25.1 Å². The highest BCUT2D eigenvalue weighted by Gasteiger charge is 2.56. The van der Waals surface area contributed by atoms with Crippen LogP contribution in [0.4, 0.5) is 0 Å². The summed E-state index contributed by atoms with van der Waals surface area (Å²) in [5, 5.41) is 31.8. The van der Waals surface area contributed by atoms with Crippen LogP contribution in [0.15, 0.2) is 41.5 Å². The molecule has 3 aliphatic rings. The third-order valence-corrected chi connectivity index (χ3v) is 5.37. The first-order valence-corrected chi connectivity index (χ1v) is 8.06. The van der Waals surface area contributed by atoms with Crippen LogP contribution in [0, 0.1) is 11.8 Å². The number of fused-ring (bicyclic) bond motifs is 3. The second kappa shape index (κ2) is 4.88. The number of carbonyl (C=O) groups is 2. The molecule has 1 aromatic carbocycles. The van der Waals surface area contributed by atoms with Gasteiger partial charge in [-0.15, -0.1) is 0 Å². The summed E-state index contributed by atoms with van der Waals surface area (Å²) in [5.41, 5.74) is -0.663. The quantitative estimate of drug-likeness (QED) is 0.676. The van der Waals surface area contributed by atoms with E-state index < -0.39 is 23.4 Å². The van der Waals surface area contributed by atoms with Crippen LogP contribution < -0.4 is 0 Å². The van der Waals surface area contributed by atoms with Crippen molar-refractivity contribution in [2.45, 2.75) is 31.5 Å². The third kappa shape index (κ3) is 1.82. The van der Waals surface area contributed by atoms with Crippen LogP contribution in [0.1, 0.15) is 41.8 Å². The second-order valence-corrected chi connectivity index (χ2v) is 7.03. The SMILES string of the molecule is CC1CC(=O)C2=C(C=CC3(O)C2C(=O)c2cccc(O)c2C3O)C1. The Balaban J connectivity index is 1.96. The number of phenols is 1. The standard InChI is InChI=1S/C19H18O5/c1-9-7-10-5-6-19(24)16(14(10)13(21)8-9)17(22)11-3-2-4-12(20)15(11)18(19)23/h2-6,9,16,18,20,23-24H,7-8H2,1H3. The van der Waals surface area contributed by atoms with Crippen LogP contribution in [-0.4, -0.2) is 32.5 Å². The largest absolute Gasteiger partial charge is 0.508 e. The van der Waals surface area contributed by atoms with Gasteiger partial charge in [0.25, 0.3) is 0 Å². The number of hydrogen-bond donors (Lipinski definition) is 3.